The number of carboxylic acid groups (broad SMARTS) is 1. The maximum atomic E-state index is 10.4. The molecule has 0 aliphatic heterocycles. The number of aromatic hydroxyl groups is 1. The predicted octanol–water partition coefficient (Wildman–Crippen LogP) is 0.342. The first-order valence-electron chi connectivity index (χ1n) is 3.86. The second-order valence-electron chi connectivity index (χ2n) is 2.82. The quantitative estimate of drug-likeness (QED) is 0.702. The maximum absolute atomic E-state index is 10.4. The zero-order valence-corrected chi connectivity index (χ0v) is 9.89. The van der Waals surface area contributed by atoms with Crippen molar-refractivity contribution in [2.45, 2.75) is 12.5 Å². The Morgan fingerprint density at radius 2 is 1.73 bits per heavy atom. The van der Waals surface area contributed by atoms with E-state index in [1.807, 2.05) is 0 Å². The second kappa shape index (κ2) is 7.74. The summed E-state index contributed by atoms with van der Waals surface area (Å²) in [6, 6.07) is 5.42. The number of carbonyl (C=O) groups is 1. The van der Waals surface area contributed by atoms with Crippen LogP contribution < -0.4 is 5.73 Å². The standard InChI is InChI=1S/C9H11NO3.2Fe/c10-8(9(12)13)5-6-1-3-7(11)4-2-6;;/h1-4,8,11H,5,10H2,(H,12,13);;/t8-;;/m0../s1. The molecule has 6 heteroatoms. The molecule has 0 fully saturated rings. The zero-order chi connectivity index (χ0) is 9.84. The minimum atomic E-state index is -1.02. The van der Waals surface area contributed by atoms with Gasteiger partial charge in [0, 0.05) is 34.1 Å². The van der Waals surface area contributed by atoms with Gasteiger partial charge < -0.3 is 15.9 Å². The summed E-state index contributed by atoms with van der Waals surface area (Å²) in [4.78, 5) is 10.4. The molecule has 1 atom stereocenters. The summed E-state index contributed by atoms with van der Waals surface area (Å²) in [6.45, 7) is 0. The van der Waals surface area contributed by atoms with Gasteiger partial charge in [0.2, 0.25) is 0 Å². The van der Waals surface area contributed by atoms with E-state index in [1.54, 1.807) is 12.1 Å². The first-order chi connectivity index (χ1) is 6.09. The predicted molar refractivity (Wildman–Crippen MR) is 47.4 cm³/mol. The molecule has 1 aromatic carbocycles. The van der Waals surface area contributed by atoms with Gasteiger partial charge in [0.05, 0.1) is 0 Å². The molecule has 0 radical (unpaired) electrons. The third kappa shape index (κ3) is 5.82. The summed E-state index contributed by atoms with van der Waals surface area (Å²) in [5.41, 5.74) is 6.12. The minimum absolute atomic E-state index is 0. The first kappa shape index (κ1) is 16.9. The minimum Gasteiger partial charge on any atom is -0.508 e. The number of phenols is 1. The number of nitrogens with two attached hydrogens (primary N) is 1. The molecule has 0 amide bonds. The van der Waals surface area contributed by atoms with E-state index in [2.05, 4.69) is 0 Å². The number of phenolic OH excluding ortho intramolecular Hbond substituents is 1. The molecule has 0 unspecified atom stereocenters. The van der Waals surface area contributed by atoms with E-state index in [9.17, 15) is 4.79 Å². The third-order valence-electron chi connectivity index (χ3n) is 1.71. The average molecular weight is 293 g/mol. The van der Waals surface area contributed by atoms with Crippen molar-refractivity contribution in [3.63, 3.8) is 0 Å². The van der Waals surface area contributed by atoms with E-state index in [0.717, 1.165) is 5.56 Å². The Labute approximate surface area is 109 Å². The van der Waals surface area contributed by atoms with Crippen LogP contribution >= 0.6 is 0 Å². The van der Waals surface area contributed by atoms with Gasteiger partial charge in [-0.2, -0.15) is 0 Å². The van der Waals surface area contributed by atoms with Crippen LogP contribution in [0.3, 0.4) is 0 Å². The molecule has 0 bridgehead atoms. The topological polar surface area (TPSA) is 83.5 Å². The molecule has 0 aromatic heterocycles. The largest absolute Gasteiger partial charge is 0.508 e. The van der Waals surface area contributed by atoms with Crippen molar-refractivity contribution < 1.29 is 49.1 Å². The Morgan fingerprint density at radius 3 is 2.13 bits per heavy atom. The maximum Gasteiger partial charge on any atom is 0.320 e. The van der Waals surface area contributed by atoms with Gasteiger partial charge in [0.1, 0.15) is 11.8 Å². The first-order valence-corrected chi connectivity index (χ1v) is 3.86. The van der Waals surface area contributed by atoms with Crippen molar-refractivity contribution >= 4 is 5.97 Å². The van der Waals surface area contributed by atoms with Gasteiger partial charge in [0.25, 0.3) is 0 Å². The molecule has 4 N–H and O–H groups in total. The van der Waals surface area contributed by atoms with Crippen LogP contribution in [0.5, 0.6) is 5.75 Å². The van der Waals surface area contributed by atoms with Crippen molar-refractivity contribution in [1.82, 2.24) is 0 Å². The average Bonchev–Trinajstić information content (AvgIpc) is 2.08. The molecule has 4 nitrogen and oxygen atoms in total. The van der Waals surface area contributed by atoms with Gasteiger partial charge in [0.15, 0.2) is 0 Å². The van der Waals surface area contributed by atoms with Crippen LogP contribution in [-0.2, 0) is 45.4 Å². The van der Waals surface area contributed by atoms with Crippen molar-refractivity contribution in [3.05, 3.63) is 29.8 Å². The van der Waals surface area contributed by atoms with Gasteiger partial charge in [-0.1, -0.05) is 12.1 Å². The third-order valence-corrected chi connectivity index (χ3v) is 1.71. The van der Waals surface area contributed by atoms with Gasteiger partial charge in [-0.15, -0.1) is 0 Å². The number of benzene rings is 1. The molecular formula is C9H11Fe2NO3. The van der Waals surface area contributed by atoms with E-state index in [-0.39, 0.29) is 46.3 Å². The molecule has 0 saturated heterocycles. The normalized spacial score (nSPS) is 10.7. The Bertz CT molecular complexity index is 303. The summed E-state index contributed by atoms with van der Waals surface area (Å²) in [5.74, 6) is -0.860. The van der Waals surface area contributed by atoms with Crippen LogP contribution in [0.4, 0.5) is 0 Å². The molecule has 0 heterocycles. The molecule has 0 saturated carbocycles. The second-order valence-corrected chi connectivity index (χ2v) is 2.82. The molecule has 15 heavy (non-hydrogen) atoms. The summed E-state index contributed by atoms with van der Waals surface area (Å²) >= 11 is 0. The zero-order valence-electron chi connectivity index (χ0n) is 7.68. The molecule has 86 valence electrons. The monoisotopic (exact) mass is 293 g/mol. The van der Waals surface area contributed by atoms with E-state index < -0.39 is 12.0 Å². The summed E-state index contributed by atoms with van der Waals surface area (Å²) < 4.78 is 0. The van der Waals surface area contributed by atoms with Crippen molar-refractivity contribution in [2.75, 3.05) is 0 Å². The van der Waals surface area contributed by atoms with Crippen LogP contribution in [0.1, 0.15) is 5.56 Å². The smallest absolute Gasteiger partial charge is 0.320 e. The number of hydrogen-bond acceptors (Lipinski definition) is 3. The van der Waals surface area contributed by atoms with Crippen molar-refractivity contribution in [1.29, 1.82) is 0 Å². The number of hydrogen-bond donors (Lipinski definition) is 3. The molecule has 0 aliphatic rings. The van der Waals surface area contributed by atoms with Gasteiger partial charge in [-0.05, 0) is 24.1 Å². The van der Waals surface area contributed by atoms with Crippen LogP contribution in [0, 0.1) is 0 Å². The Balaban J connectivity index is 0. The fourth-order valence-corrected chi connectivity index (χ4v) is 0.973. The van der Waals surface area contributed by atoms with E-state index >= 15 is 0 Å². The SMILES string of the molecule is N[C@@H](Cc1ccc(O)cc1)C(=O)O.[Fe].[Fe]. The molecule has 0 aliphatic carbocycles. The number of rotatable bonds is 3. The fraction of sp³-hybridized carbons (Fsp3) is 0.222. The van der Waals surface area contributed by atoms with Gasteiger partial charge in [-0.25, -0.2) is 0 Å². The number of carboxylic acids is 1. The van der Waals surface area contributed by atoms with Crippen molar-refractivity contribution in [2.24, 2.45) is 5.73 Å². The van der Waals surface area contributed by atoms with Crippen LogP contribution in [0.25, 0.3) is 0 Å². The summed E-state index contributed by atoms with van der Waals surface area (Å²) in [5, 5.41) is 17.5. The van der Waals surface area contributed by atoms with Crippen molar-refractivity contribution in [3.8, 4) is 5.75 Å². The molecule has 1 rings (SSSR count). The number of aliphatic carboxylic acids is 1. The summed E-state index contributed by atoms with van der Waals surface area (Å²) in [6.07, 6.45) is 0.273. The molecular weight excluding hydrogens is 282 g/mol. The van der Waals surface area contributed by atoms with E-state index in [1.165, 1.54) is 12.1 Å². The van der Waals surface area contributed by atoms with Gasteiger partial charge in [-0.3, -0.25) is 4.79 Å². The van der Waals surface area contributed by atoms with Crippen LogP contribution in [0.2, 0.25) is 0 Å². The molecule has 1 aromatic rings. The summed E-state index contributed by atoms with van der Waals surface area (Å²) in [7, 11) is 0. The Kier molecular flexibility index (Phi) is 8.72. The van der Waals surface area contributed by atoms with E-state index in [0.29, 0.717) is 0 Å². The Morgan fingerprint density at radius 1 is 1.27 bits per heavy atom. The Hall–Kier alpha value is -0.511. The van der Waals surface area contributed by atoms with E-state index in [4.69, 9.17) is 15.9 Å². The molecule has 0 spiro atoms. The van der Waals surface area contributed by atoms with Crippen LogP contribution in [0.15, 0.2) is 24.3 Å². The van der Waals surface area contributed by atoms with Gasteiger partial charge >= 0.3 is 5.97 Å². The fourth-order valence-electron chi connectivity index (χ4n) is 0.973. The van der Waals surface area contributed by atoms with Crippen LogP contribution in [-0.4, -0.2) is 22.2 Å².